The maximum Gasteiger partial charge on any atom is 0.264 e. The summed E-state index contributed by atoms with van der Waals surface area (Å²) in [6.45, 7) is 1.10. The molecule has 0 unspecified atom stereocenters. The van der Waals surface area contributed by atoms with Crippen LogP contribution in [0.4, 0.5) is 5.69 Å². The van der Waals surface area contributed by atoms with E-state index in [0.717, 1.165) is 6.92 Å². The van der Waals surface area contributed by atoms with Gasteiger partial charge in [0.05, 0.1) is 17.0 Å². The summed E-state index contributed by atoms with van der Waals surface area (Å²) in [7, 11) is -2.48. The smallest absolute Gasteiger partial charge is 0.264 e. The number of sulfonamides is 1. The summed E-state index contributed by atoms with van der Waals surface area (Å²) in [5.74, 6) is -0.780. The second-order valence-electron chi connectivity index (χ2n) is 5.52. The van der Waals surface area contributed by atoms with Crippen LogP contribution in [0.5, 0.6) is 5.75 Å². The zero-order valence-corrected chi connectivity index (χ0v) is 17.2. The molecular weight excluding hydrogens is 427 g/mol. The average Bonchev–Trinajstić information content (AvgIpc) is 2.59. The monoisotopic (exact) mass is 442 g/mol. The molecule has 0 atom stereocenters. The van der Waals surface area contributed by atoms with Crippen molar-refractivity contribution in [3.8, 4) is 5.75 Å². The highest BCUT2D eigenvalue weighted by Crippen LogP contribution is 2.33. The van der Waals surface area contributed by atoms with Crippen LogP contribution in [0.25, 0.3) is 6.08 Å². The van der Waals surface area contributed by atoms with Crippen LogP contribution in [0.1, 0.15) is 12.5 Å². The van der Waals surface area contributed by atoms with E-state index in [1.165, 1.54) is 49.6 Å². The third kappa shape index (κ3) is 5.72. The fourth-order valence-corrected chi connectivity index (χ4v) is 3.81. The predicted octanol–water partition coefficient (Wildman–Crippen LogP) is 3.48. The van der Waals surface area contributed by atoms with E-state index in [-0.39, 0.29) is 4.90 Å². The molecule has 28 heavy (non-hydrogen) atoms. The second-order valence-corrected chi connectivity index (χ2v) is 8.04. The summed E-state index contributed by atoms with van der Waals surface area (Å²) in [6, 6.07) is 8.46. The molecule has 2 amide bonds. The Bertz CT molecular complexity index is 1030. The molecule has 0 spiro atoms. The van der Waals surface area contributed by atoms with Crippen LogP contribution in [0, 0.1) is 0 Å². The fraction of sp³-hybridized carbons (Fsp3) is 0.111. The molecule has 7 nitrogen and oxygen atoms in total. The van der Waals surface area contributed by atoms with E-state index in [2.05, 4.69) is 5.32 Å². The lowest BCUT2D eigenvalue weighted by molar-refractivity contribution is -0.117. The number of anilines is 1. The Morgan fingerprint density at radius 3 is 2.32 bits per heavy atom. The Morgan fingerprint density at radius 1 is 1.11 bits per heavy atom. The van der Waals surface area contributed by atoms with Crippen molar-refractivity contribution in [2.45, 2.75) is 11.8 Å². The molecular formula is C18H16Cl2N2O5S. The zero-order chi connectivity index (χ0) is 20.9. The van der Waals surface area contributed by atoms with E-state index in [0.29, 0.717) is 27.0 Å². The summed E-state index contributed by atoms with van der Waals surface area (Å²) in [5.41, 5.74) is 0.888. The zero-order valence-electron chi connectivity index (χ0n) is 14.8. The van der Waals surface area contributed by atoms with Crippen molar-refractivity contribution in [1.29, 1.82) is 0 Å². The molecule has 0 aromatic heterocycles. The Kier molecular flexibility index (Phi) is 7.06. The standard InChI is InChI=1S/C18H16Cl2N2O5S/c1-11(23)22-28(25,26)15-6-4-14(5-7-15)21-17(24)8-3-12-9-13(19)10-16(20)18(12)27-2/h3-10H,1-2H3,(H,21,24)(H,22,23)/b8-3+. The van der Waals surface area contributed by atoms with E-state index in [4.69, 9.17) is 27.9 Å². The molecule has 2 aromatic carbocycles. The highest BCUT2D eigenvalue weighted by molar-refractivity contribution is 7.90. The predicted molar refractivity (Wildman–Crippen MR) is 108 cm³/mol. The molecule has 2 aromatic rings. The van der Waals surface area contributed by atoms with Gasteiger partial charge >= 0.3 is 0 Å². The van der Waals surface area contributed by atoms with Crippen molar-refractivity contribution in [1.82, 2.24) is 4.72 Å². The van der Waals surface area contributed by atoms with Gasteiger partial charge in [-0.1, -0.05) is 23.2 Å². The topological polar surface area (TPSA) is 102 Å². The van der Waals surface area contributed by atoms with Gasteiger partial charge in [-0.2, -0.15) is 0 Å². The SMILES string of the molecule is COc1c(Cl)cc(Cl)cc1/C=C/C(=O)Nc1ccc(S(=O)(=O)NC(C)=O)cc1. The van der Waals surface area contributed by atoms with Crippen LogP contribution >= 0.6 is 23.2 Å². The van der Waals surface area contributed by atoms with Gasteiger partial charge in [-0.25, -0.2) is 13.1 Å². The molecule has 0 bridgehead atoms. The van der Waals surface area contributed by atoms with E-state index in [1.807, 2.05) is 4.72 Å². The van der Waals surface area contributed by atoms with E-state index in [9.17, 15) is 18.0 Å². The fourth-order valence-electron chi connectivity index (χ4n) is 2.23. The van der Waals surface area contributed by atoms with Gasteiger partial charge in [0, 0.05) is 29.3 Å². The number of nitrogens with one attached hydrogen (secondary N) is 2. The number of rotatable bonds is 6. The maximum absolute atomic E-state index is 12.1. The molecule has 10 heteroatoms. The number of benzene rings is 2. The molecule has 2 rings (SSSR count). The van der Waals surface area contributed by atoms with Gasteiger partial charge < -0.3 is 10.1 Å². The van der Waals surface area contributed by atoms with Crippen molar-refractivity contribution >= 4 is 56.8 Å². The van der Waals surface area contributed by atoms with Crippen LogP contribution in [-0.2, 0) is 19.6 Å². The molecule has 0 aliphatic heterocycles. The largest absolute Gasteiger partial charge is 0.495 e. The summed E-state index contributed by atoms with van der Waals surface area (Å²) in [5, 5.41) is 3.29. The quantitative estimate of drug-likeness (QED) is 0.666. The highest BCUT2D eigenvalue weighted by Gasteiger charge is 2.15. The maximum atomic E-state index is 12.1. The molecule has 0 aliphatic carbocycles. The van der Waals surface area contributed by atoms with Gasteiger partial charge in [0.1, 0.15) is 5.75 Å². The Hall–Kier alpha value is -2.55. The van der Waals surface area contributed by atoms with E-state index < -0.39 is 21.8 Å². The summed E-state index contributed by atoms with van der Waals surface area (Å²) >= 11 is 12.0. The minimum absolute atomic E-state index is 0.102. The molecule has 2 N–H and O–H groups in total. The molecule has 0 fully saturated rings. The minimum Gasteiger partial charge on any atom is -0.495 e. The van der Waals surface area contributed by atoms with Gasteiger partial charge in [-0.15, -0.1) is 0 Å². The van der Waals surface area contributed by atoms with Gasteiger partial charge in [0.15, 0.2) is 0 Å². The van der Waals surface area contributed by atoms with E-state index >= 15 is 0 Å². The van der Waals surface area contributed by atoms with Crippen LogP contribution in [-0.4, -0.2) is 27.3 Å². The summed E-state index contributed by atoms with van der Waals surface area (Å²) in [6.07, 6.45) is 2.74. The lowest BCUT2D eigenvalue weighted by Gasteiger charge is -2.08. The summed E-state index contributed by atoms with van der Waals surface area (Å²) < 4.78 is 30.8. The van der Waals surface area contributed by atoms with Crippen molar-refractivity contribution < 1.29 is 22.7 Å². The van der Waals surface area contributed by atoms with Gasteiger partial charge in [0.2, 0.25) is 11.8 Å². The van der Waals surface area contributed by atoms with Gasteiger partial charge in [-0.05, 0) is 42.5 Å². The number of ether oxygens (including phenoxy) is 1. The highest BCUT2D eigenvalue weighted by atomic mass is 35.5. The van der Waals surface area contributed by atoms with Crippen LogP contribution in [0.15, 0.2) is 47.4 Å². The molecule has 0 heterocycles. The normalized spacial score (nSPS) is 11.3. The Labute approximate surface area is 172 Å². The first-order valence-electron chi connectivity index (χ1n) is 7.78. The molecule has 148 valence electrons. The number of carbonyl (C=O) groups is 2. The Balaban J connectivity index is 2.12. The number of carbonyl (C=O) groups excluding carboxylic acids is 2. The van der Waals surface area contributed by atoms with Crippen LogP contribution < -0.4 is 14.8 Å². The molecule has 0 saturated heterocycles. The van der Waals surface area contributed by atoms with Gasteiger partial charge in [-0.3, -0.25) is 9.59 Å². The second kappa shape index (κ2) is 9.09. The number of halogens is 2. The van der Waals surface area contributed by atoms with Crippen LogP contribution in [0.3, 0.4) is 0 Å². The molecule has 0 saturated carbocycles. The van der Waals surface area contributed by atoms with Crippen molar-refractivity contribution in [3.63, 3.8) is 0 Å². The lowest BCUT2D eigenvalue weighted by atomic mass is 10.2. The van der Waals surface area contributed by atoms with Crippen molar-refractivity contribution in [2.24, 2.45) is 0 Å². The number of hydrogen-bond donors (Lipinski definition) is 2. The number of methoxy groups -OCH3 is 1. The van der Waals surface area contributed by atoms with Gasteiger partial charge in [0.25, 0.3) is 10.0 Å². The van der Waals surface area contributed by atoms with Crippen molar-refractivity contribution in [3.05, 3.63) is 58.1 Å². The van der Waals surface area contributed by atoms with Crippen molar-refractivity contribution in [2.75, 3.05) is 12.4 Å². The third-order valence-corrected chi connectivity index (χ3v) is 5.31. The lowest BCUT2D eigenvalue weighted by Crippen LogP contribution is -2.28. The number of hydrogen-bond acceptors (Lipinski definition) is 5. The van der Waals surface area contributed by atoms with Crippen LogP contribution in [0.2, 0.25) is 10.0 Å². The first-order valence-corrected chi connectivity index (χ1v) is 10.0. The van der Waals surface area contributed by atoms with E-state index in [1.54, 1.807) is 6.07 Å². The number of amides is 2. The third-order valence-electron chi connectivity index (χ3n) is 3.37. The summed E-state index contributed by atoms with van der Waals surface area (Å²) in [4.78, 5) is 22.9. The first kappa shape index (κ1) is 21.7. The molecule has 0 radical (unpaired) electrons. The minimum atomic E-state index is -3.93. The average molecular weight is 443 g/mol. The Morgan fingerprint density at radius 2 is 1.75 bits per heavy atom. The molecule has 0 aliphatic rings. The first-order chi connectivity index (χ1) is 13.1.